The first-order valence-electron chi connectivity index (χ1n) is 2.88. The molecule has 1 rings (SSSR count). The van der Waals surface area contributed by atoms with E-state index in [2.05, 4.69) is 9.68 Å². The highest BCUT2D eigenvalue weighted by Gasteiger charge is 1.90. The first-order chi connectivity index (χ1) is 4.29. The normalized spacial score (nSPS) is 8.00. The van der Waals surface area contributed by atoms with Gasteiger partial charge in [0.25, 0.3) is 0 Å². The summed E-state index contributed by atoms with van der Waals surface area (Å²) >= 11 is 5.36. The minimum absolute atomic E-state index is 0.414. The molecule has 0 saturated carbocycles. The lowest BCUT2D eigenvalue weighted by molar-refractivity contribution is 0.398. The molecular formula is C6H10ClNO. The van der Waals surface area contributed by atoms with Crippen LogP contribution in [0.15, 0.2) is 10.6 Å². The van der Waals surface area contributed by atoms with Crippen molar-refractivity contribution in [1.82, 2.24) is 5.16 Å². The summed E-state index contributed by atoms with van der Waals surface area (Å²) in [4.78, 5) is 0. The molecule has 0 atom stereocenters. The number of nitrogens with zero attached hydrogens (tertiary/aromatic N) is 1. The van der Waals surface area contributed by atoms with Gasteiger partial charge in [-0.2, -0.15) is 0 Å². The van der Waals surface area contributed by atoms with E-state index in [1.807, 2.05) is 13.8 Å². The fourth-order valence-electron chi connectivity index (χ4n) is 0.336. The van der Waals surface area contributed by atoms with Crippen molar-refractivity contribution in [2.75, 3.05) is 0 Å². The maximum atomic E-state index is 5.36. The smallest absolute Gasteiger partial charge is 0.172 e. The molecule has 9 heavy (non-hydrogen) atoms. The fraction of sp³-hybridized carbons (Fsp3) is 0.500. The summed E-state index contributed by atoms with van der Waals surface area (Å²) in [5.74, 6) is 0.741. The molecule has 0 unspecified atom stereocenters. The lowest BCUT2D eigenvalue weighted by Gasteiger charge is -1.65. The third-order valence-corrected chi connectivity index (χ3v) is 0.777. The molecule has 0 spiro atoms. The van der Waals surface area contributed by atoms with Crippen LogP contribution in [0.4, 0.5) is 0 Å². The van der Waals surface area contributed by atoms with Gasteiger partial charge in [-0.1, -0.05) is 30.6 Å². The van der Waals surface area contributed by atoms with Gasteiger partial charge in [0, 0.05) is 6.07 Å². The second-order valence-corrected chi connectivity index (χ2v) is 1.65. The van der Waals surface area contributed by atoms with Crippen LogP contribution >= 0.6 is 11.6 Å². The van der Waals surface area contributed by atoms with Gasteiger partial charge in [0.05, 0.1) is 0 Å². The minimum Gasteiger partial charge on any atom is -0.360 e. The van der Waals surface area contributed by atoms with Crippen molar-refractivity contribution in [2.24, 2.45) is 0 Å². The van der Waals surface area contributed by atoms with Gasteiger partial charge >= 0.3 is 0 Å². The molecule has 0 bridgehead atoms. The molecule has 2 nitrogen and oxygen atoms in total. The third kappa shape index (κ3) is 3.14. The summed E-state index contributed by atoms with van der Waals surface area (Å²) in [6.07, 6.45) is 0. The zero-order valence-electron chi connectivity index (χ0n) is 5.81. The highest BCUT2D eigenvalue weighted by molar-refractivity contribution is 6.29. The average Bonchev–Trinajstić information content (AvgIpc) is 2.20. The molecule has 0 N–H and O–H groups in total. The highest BCUT2D eigenvalue weighted by atomic mass is 35.5. The van der Waals surface area contributed by atoms with Gasteiger partial charge in [0.1, 0.15) is 5.76 Å². The molecule has 1 heterocycles. The van der Waals surface area contributed by atoms with E-state index in [1.165, 1.54) is 0 Å². The van der Waals surface area contributed by atoms with Gasteiger partial charge in [0.15, 0.2) is 5.15 Å². The van der Waals surface area contributed by atoms with Gasteiger partial charge in [-0.15, -0.1) is 0 Å². The van der Waals surface area contributed by atoms with Crippen LogP contribution in [-0.2, 0) is 0 Å². The zero-order chi connectivity index (χ0) is 7.28. The van der Waals surface area contributed by atoms with Crippen LogP contribution in [0.2, 0.25) is 5.15 Å². The summed E-state index contributed by atoms with van der Waals surface area (Å²) < 4.78 is 4.58. The summed E-state index contributed by atoms with van der Waals surface area (Å²) in [5.41, 5.74) is 0. The van der Waals surface area contributed by atoms with Crippen molar-refractivity contribution in [1.29, 1.82) is 0 Å². The van der Waals surface area contributed by atoms with Crippen molar-refractivity contribution >= 4 is 11.6 Å². The molecule has 0 aliphatic heterocycles. The lowest BCUT2D eigenvalue weighted by atomic mass is 10.5. The van der Waals surface area contributed by atoms with E-state index in [4.69, 9.17) is 11.6 Å². The molecule has 0 amide bonds. The maximum Gasteiger partial charge on any atom is 0.172 e. The first kappa shape index (κ1) is 8.50. The molecule has 0 aliphatic carbocycles. The SMILES string of the molecule is CC.Cc1cc(Cl)no1. The van der Waals surface area contributed by atoms with Crippen LogP contribution in [0.5, 0.6) is 0 Å². The molecule has 1 aromatic rings. The van der Waals surface area contributed by atoms with Crippen LogP contribution in [0, 0.1) is 6.92 Å². The molecular weight excluding hydrogens is 138 g/mol. The summed E-state index contributed by atoms with van der Waals surface area (Å²) in [6, 6.07) is 1.65. The van der Waals surface area contributed by atoms with Gasteiger partial charge in [-0.3, -0.25) is 0 Å². The Balaban J connectivity index is 0.000000291. The Hall–Kier alpha value is -0.500. The highest BCUT2D eigenvalue weighted by Crippen LogP contribution is 2.05. The molecule has 0 radical (unpaired) electrons. The zero-order valence-corrected chi connectivity index (χ0v) is 6.57. The second kappa shape index (κ2) is 4.39. The van der Waals surface area contributed by atoms with E-state index in [1.54, 1.807) is 13.0 Å². The Bertz CT molecular complexity index is 145. The quantitative estimate of drug-likeness (QED) is 0.564. The predicted octanol–water partition coefficient (Wildman–Crippen LogP) is 2.66. The van der Waals surface area contributed by atoms with Gasteiger partial charge in [0.2, 0.25) is 0 Å². The summed E-state index contributed by atoms with van der Waals surface area (Å²) in [6.45, 7) is 5.79. The summed E-state index contributed by atoms with van der Waals surface area (Å²) in [5, 5.41) is 3.82. The van der Waals surface area contributed by atoms with Gasteiger partial charge < -0.3 is 4.52 Å². The van der Waals surface area contributed by atoms with Crippen LogP contribution in [0.1, 0.15) is 19.6 Å². The monoisotopic (exact) mass is 147 g/mol. The van der Waals surface area contributed by atoms with Crippen LogP contribution in [-0.4, -0.2) is 5.16 Å². The molecule has 52 valence electrons. The number of rotatable bonds is 0. The Morgan fingerprint density at radius 2 is 2.11 bits per heavy atom. The minimum atomic E-state index is 0.414. The maximum absolute atomic E-state index is 5.36. The van der Waals surface area contributed by atoms with Crippen molar-refractivity contribution in [3.63, 3.8) is 0 Å². The Labute approximate surface area is 59.8 Å². The van der Waals surface area contributed by atoms with Crippen LogP contribution in [0.25, 0.3) is 0 Å². The predicted molar refractivity (Wildman–Crippen MR) is 37.6 cm³/mol. The second-order valence-electron chi connectivity index (χ2n) is 1.26. The number of halogens is 1. The Kier molecular flexibility index (Phi) is 4.14. The van der Waals surface area contributed by atoms with E-state index in [0.717, 1.165) is 5.76 Å². The lowest BCUT2D eigenvalue weighted by Crippen LogP contribution is -1.51. The molecule has 1 aromatic heterocycles. The molecule has 0 aliphatic rings. The van der Waals surface area contributed by atoms with Crippen molar-refractivity contribution in [3.05, 3.63) is 17.0 Å². The van der Waals surface area contributed by atoms with E-state index in [0.29, 0.717) is 5.15 Å². The Morgan fingerprint density at radius 1 is 1.56 bits per heavy atom. The van der Waals surface area contributed by atoms with Crippen LogP contribution in [0.3, 0.4) is 0 Å². The van der Waals surface area contributed by atoms with Crippen molar-refractivity contribution in [3.8, 4) is 0 Å². The number of hydrogen-bond donors (Lipinski definition) is 0. The van der Waals surface area contributed by atoms with Gasteiger partial charge in [-0.05, 0) is 6.92 Å². The first-order valence-corrected chi connectivity index (χ1v) is 3.25. The molecule has 0 saturated heterocycles. The third-order valence-electron chi connectivity index (χ3n) is 0.599. The number of hydrogen-bond acceptors (Lipinski definition) is 2. The van der Waals surface area contributed by atoms with Crippen molar-refractivity contribution < 1.29 is 4.52 Å². The summed E-state index contributed by atoms with van der Waals surface area (Å²) in [7, 11) is 0. The van der Waals surface area contributed by atoms with Crippen molar-refractivity contribution in [2.45, 2.75) is 20.8 Å². The van der Waals surface area contributed by atoms with E-state index >= 15 is 0 Å². The molecule has 0 aromatic carbocycles. The largest absolute Gasteiger partial charge is 0.360 e. The Morgan fingerprint density at radius 3 is 2.22 bits per heavy atom. The number of aryl methyl sites for hydroxylation is 1. The van der Waals surface area contributed by atoms with E-state index in [-0.39, 0.29) is 0 Å². The van der Waals surface area contributed by atoms with Gasteiger partial charge in [-0.25, -0.2) is 0 Å². The topological polar surface area (TPSA) is 26.0 Å². The van der Waals surface area contributed by atoms with E-state index in [9.17, 15) is 0 Å². The fourth-order valence-corrected chi connectivity index (χ4v) is 0.524. The molecule has 0 fully saturated rings. The van der Waals surface area contributed by atoms with Crippen LogP contribution < -0.4 is 0 Å². The standard InChI is InChI=1S/C4H4ClNO.C2H6/c1-3-2-4(5)6-7-3;1-2/h2H,1H3;1-2H3. The van der Waals surface area contributed by atoms with E-state index < -0.39 is 0 Å². The average molecular weight is 148 g/mol. The molecule has 3 heteroatoms. The number of aromatic nitrogens is 1.